The Hall–Kier alpha value is -3.41. The van der Waals surface area contributed by atoms with E-state index in [2.05, 4.69) is 9.71 Å². The van der Waals surface area contributed by atoms with Crippen molar-refractivity contribution in [1.29, 1.82) is 0 Å². The van der Waals surface area contributed by atoms with Crippen LogP contribution >= 0.6 is 0 Å². The average Bonchev–Trinajstić information content (AvgIpc) is 3.08. The molecule has 0 atom stereocenters. The fourth-order valence-corrected chi connectivity index (χ4v) is 5.07. The second-order valence-corrected chi connectivity index (χ2v) is 9.48. The average molecular weight is 494 g/mol. The molecule has 180 valence electrons. The molecule has 0 bridgehead atoms. The monoisotopic (exact) mass is 494 g/mol. The maximum atomic E-state index is 12.7. The quantitative estimate of drug-likeness (QED) is 0.704. The lowest BCUT2D eigenvalue weighted by Gasteiger charge is -2.34. The molecule has 0 saturated carbocycles. The number of nitrogens with zero attached hydrogens (tertiary/aromatic N) is 3. The first-order valence-electron chi connectivity index (χ1n) is 10.5. The van der Waals surface area contributed by atoms with Crippen LogP contribution < -0.4 is 4.72 Å². The number of rotatable bonds is 4. The van der Waals surface area contributed by atoms with Gasteiger partial charge in [0.1, 0.15) is 5.84 Å². The van der Waals surface area contributed by atoms with Crippen molar-refractivity contribution in [3.8, 4) is 0 Å². The summed E-state index contributed by atoms with van der Waals surface area (Å²) in [7, 11) is -3.64. The SMILES string of the molecule is O=C(CCN=C1NS(=O)(=O)c2ccccc21)N1CCN(C(=O)c2ccc(C(F)(F)F)cc2)CC1. The molecule has 2 aromatic carbocycles. The van der Waals surface area contributed by atoms with Gasteiger partial charge in [-0.3, -0.25) is 19.3 Å². The summed E-state index contributed by atoms with van der Waals surface area (Å²) in [6.07, 6.45) is -4.40. The van der Waals surface area contributed by atoms with Crippen LogP contribution in [0.5, 0.6) is 0 Å². The Morgan fingerprint density at radius 3 is 2.21 bits per heavy atom. The number of carbonyl (C=O) groups is 2. The molecule has 8 nitrogen and oxygen atoms in total. The van der Waals surface area contributed by atoms with Gasteiger partial charge in [0.25, 0.3) is 15.9 Å². The Kier molecular flexibility index (Phi) is 6.34. The number of hydrogen-bond acceptors (Lipinski definition) is 5. The smallest absolute Gasteiger partial charge is 0.339 e. The van der Waals surface area contributed by atoms with E-state index in [0.29, 0.717) is 5.56 Å². The van der Waals surface area contributed by atoms with Gasteiger partial charge in [0.15, 0.2) is 0 Å². The van der Waals surface area contributed by atoms with Crippen molar-refractivity contribution in [3.63, 3.8) is 0 Å². The molecule has 12 heteroatoms. The lowest BCUT2D eigenvalue weighted by Crippen LogP contribution is -2.50. The summed E-state index contributed by atoms with van der Waals surface area (Å²) < 4.78 is 64.7. The Labute approximate surface area is 194 Å². The van der Waals surface area contributed by atoms with Gasteiger partial charge in [-0.05, 0) is 36.4 Å². The van der Waals surface area contributed by atoms with Gasteiger partial charge in [0, 0.05) is 43.7 Å². The highest BCUT2D eigenvalue weighted by molar-refractivity contribution is 7.90. The van der Waals surface area contributed by atoms with Crippen LogP contribution in [0.3, 0.4) is 0 Å². The molecule has 34 heavy (non-hydrogen) atoms. The summed E-state index contributed by atoms with van der Waals surface area (Å²) in [4.78, 5) is 32.6. The van der Waals surface area contributed by atoms with E-state index in [1.807, 2.05) is 0 Å². The second kappa shape index (κ2) is 9.09. The predicted molar refractivity (Wildman–Crippen MR) is 117 cm³/mol. The van der Waals surface area contributed by atoms with E-state index in [-0.39, 0.29) is 67.3 Å². The molecule has 1 fully saturated rings. The van der Waals surface area contributed by atoms with Crippen LogP contribution in [-0.2, 0) is 21.0 Å². The number of fused-ring (bicyclic) bond motifs is 1. The van der Waals surface area contributed by atoms with Crippen molar-refractivity contribution < 1.29 is 31.2 Å². The van der Waals surface area contributed by atoms with Gasteiger partial charge in [-0.25, -0.2) is 8.42 Å². The molecule has 4 rings (SSSR count). The van der Waals surface area contributed by atoms with Crippen molar-refractivity contribution in [3.05, 3.63) is 65.2 Å². The van der Waals surface area contributed by atoms with Gasteiger partial charge < -0.3 is 9.80 Å². The van der Waals surface area contributed by atoms with E-state index in [4.69, 9.17) is 0 Å². The fraction of sp³-hybridized carbons (Fsp3) is 0.318. The van der Waals surface area contributed by atoms with Crippen LogP contribution in [0.2, 0.25) is 0 Å². The van der Waals surface area contributed by atoms with Gasteiger partial charge in [0.2, 0.25) is 5.91 Å². The first kappa shape index (κ1) is 23.7. The molecule has 0 aromatic heterocycles. The number of piperazine rings is 1. The van der Waals surface area contributed by atoms with E-state index >= 15 is 0 Å². The summed E-state index contributed by atoms with van der Waals surface area (Å²) in [5.41, 5.74) is -0.204. The first-order valence-corrected chi connectivity index (χ1v) is 12.0. The highest BCUT2D eigenvalue weighted by Crippen LogP contribution is 2.29. The molecule has 2 aliphatic heterocycles. The number of alkyl halides is 3. The molecular weight excluding hydrogens is 473 g/mol. The minimum Gasteiger partial charge on any atom is -0.339 e. The third kappa shape index (κ3) is 4.91. The molecule has 2 amide bonds. The third-order valence-electron chi connectivity index (χ3n) is 5.64. The highest BCUT2D eigenvalue weighted by atomic mass is 32.2. The van der Waals surface area contributed by atoms with Crippen molar-refractivity contribution >= 4 is 27.7 Å². The number of amidine groups is 1. The minimum atomic E-state index is -4.47. The molecule has 2 aliphatic rings. The number of nitrogens with one attached hydrogen (secondary N) is 1. The van der Waals surface area contributed by atoms with Crippen molar-refractivity contribution in [2.24, 2.45) is 4.99 Å². The summed E-state index contributed by atoms with van der Waals surface area (Å²) in [6.45, 7) is 1.19. The number of sulfonamides is 1. The number of halogens is 3. The van der Waals surface area contributed by atoms with Crippen LogP contribution in [0.4, 0.5) is 13.2 Å². The summed E-state index contributed by atoms with van der Waals surface area (Å²) in [6, 6.07) is 10.5. The maximum absolute atomic E-state index is 12.7. The van der Waals surface area contributed by atoms with Crippen molar-refractivity contribution in [2.45, 2.75) is 17.5 Å². The number of carbonyl (C=O) groups excluding carboxylic acids is 2. The Bertz CT molecular complexity index is 1240. The number of aliphatic imine (C=N–C) groups is 1. The van der Waals surface area contributed by atoms with Crippen molar-refractivity contribution in [2.75, 3.05) is 32.7 Å². The summed E-state index contributed by atoms with van der Waals surface area (Å²) >= 11 is 0. The van der Waals surface area contributed by atoms with Crippen LogP contribution in [0.25, 0.3) is 0 Å². The Morgan fingerprint density at radius 2 is 1.56 bits per heavy atom. The van der Waals surface area contributed by atoms with Crippen molar-refractivity contribution in [1.82, 2.24) is 14.5 Å². The summed E-state index contributed by atoms with van der Waals surface area (Å²) in [5, 5.41) is 0. The number of amides is 2. The predicted octanol–water partition coefficient (Wildman–Crippen LogP) is 2.12. The molecule has 0 aliphatic carbocycles. The van der Waals surface area contributed by atoms with E-state index in [9.17, 15) is 31.2 Å². The Balaban J connectivity index is 1.29. The maximum Gasteiger partial charge on any atom is 0.416 e. The van der Waals surface area contributed by atoms with Gasteiger partial charge in [0.05, 0.1) is 17.0 Å². The molecule has 1 saturated heterocycles. The number of benzene rings is 2. The molecule has 1 N–H and O–H groups in total. The third-order valence-corrected chi connectivity index (χ3v) is 7.03. The number of hydrogen-bond donors (Lipinski definition) is 1. The van der Waals surface area contributed by atoms with E-state index in [1.165, 1.54) is 11.0 Å². The van der Waals surface area contributed by atoms with E-state index in [1.54, 1.807) is 23.1 Å². The van der Waals surface area contributed by atoms with E-state index in [0.717, 1.165) is 24.3 Å². The summed E-state index contributed by atoms with van der Waals surface area (Å²) in [5.74, 6) is -0.366. The Morgan fingerprint density at radius 1 is 0.941 bits per heavy atom. The van der Waals surface area contributed by atoms with E-state index < -0.39 is 21.8 Å². The lowest BCUT2D eigenvalue weighted by molar-refractivity contribution is -0.137. The second-order valence-electron chi connectivity index (χ2n) is 7.83. The standard InChI is InChI=1S/C22H21F3N4O4S/c23-22(24,25)16-7-5-15(6-8-16)21(31)29-13-11-28(12-14-29)19(30)9-10-26-20-17-3-1-2-4-18(17)34(32,33)27-20/h1-8H,9-14H2,(H,26,27). The fourth-order valence-electron chi connectivity index (χ4n) is 3.82. The van der Waals surface area contributed by atoms with Gasteiger partial charge >= 0.3 is 6.18 Å². The van der Waals surface area contributed by atoms with Gasteiger partial charge in [-0.2, -0.15) is 13.2 Å². The normalized spacial score (nSPS) is 18.5. The van der Waals surface area contributed by atoms with Gasteiger partial charge in [-0.15, -0.1) is 0 Å². The molecule has 2 aromatic rings. The molecule has 0 unspecified atom stereocenters. The molecule has 0 radical (unpaired) electrons. The highest BCUT2D eigenvalue weighted by Gasteiger charge is 2.32. The molecular formula is C22H21F3N4O4S. The zero-order valence-electron chi connectivity index (χ0n) is 17.9. The topological polar surface area (TPSA) is 99.1 Å². The minimum absolute atomic E-state index is 0.0697. The van der Waals surface area contributed by atoms with Gasteiger partial charge in [-0.1, -0.05) is 12.1 Å². The van der Waals surface area contributed by atoms with Crippen LogP contribution in [-0.4, -0.2) is 68.6 Å². The lowest BCUT2D eigenvalue weighted by atomic mass is 10.1. The van der Waals surface area contributed by atoms with Crippen LogP contribution in [0, 0.1) is 0 Å². The largest absolute Gasteiger partial charge is 0.416 e. The zero-order chi connectivity index (χ0) is 24.5. The zero-order valence-corrected chi connectivity index (χ0v) is 18.7. The molecule has 0 spiro atoms. The van der Waals surface area contributed by atoms with Crippen LogP contribution in [0.1, 0.15) is 27.9 Å². The first-order chi connectivity index (χ1) is 16.1. The van der Waals surface area contributed by atoms with Crippen LogP contribution in [0.15, 0.2) is 58.4 Å². The molecule has 2 heterocycles.